The molecule has 1 aromatic carbocycles. The molecule has 5 heteroatoms. The van der Waals surface area contributed by atoms with Crippen LogP contribution in [-0.2, 0) is 4.79 Å². The molecule has 0 spiro atoms. The number of hydrogen-bond acceptors (Lipinski definition) is 4. The molecule has 3 atom stereocenters. The molecule has 0 radical (unpaired) electrons. The zero-order valence-corrected chi connectivity index (χ0v) is 9.46. The highest BCUT2D eigenvalue weighted by molar-refractivity contribution is 7.99. The molecule has 0 bridgehead atoms. The molecule has 2 saturated heterocycles. The zero-order valence-electron chi connectivity index (χ0n) is 8.64. The molecule has 1 amide bonds. The predicted octanol–water partition coefficient (Wildman–Crippen LogP) is 0.393. The van der Waals surface area contributed by atoms with Gasteiger partial charge in [0.2, 0.25) is 5.91 Å². The standard InChI is InChI=1S/C11H13N3OS/c15-11-10-9(12-6-13-11)8(14-16-10)7-4-2-1-3-5-7/h1-5,8-10,12,14H,6H2,(H,13,15). The molecule has 2 aliphatic rings. The first-order chi connectivity index (χ1) is 7.86. The third-order valence-electron chi connectivity index (χ3n) is 3.02. The normalized spacial score (nSPS) is 33.2. The minimum absolute atomic E-state index is 0.0287. The van der Waals surface area contributed by atoms with Crippen LogP contribution < -0.4 is 15.4 Å². The first kappa shape index (κ1) is 10.1. The van der Waals surface area contributed by atoms with Crippen molar-refractivity contribution >= 4 is 17.9 Å². The van der Waals surface area contributed by atoms with Crippen LogP contribution in [0.1, 0.15) is 11.6 Å². The van der Waals surface area contributed by atoms with Crippen LogP contribution in [0.4, 0.5) is 0 Å². The summed E-state index contributed by atoms with van der Waals surface area (Å²) < 4.78 is 3.34. The Balaban J connectivity index is 1.86. The number of benzene rings is 1. The lowest BCUT2D eigenvalue weighted by Gasteiger charge is -2.28. The van der Waals surface area contributed by atoms with Crippen molar-refractivity contribution in [2.75, 3.05) is 6.67 Å². The van der Waals surface area contributed by atoms with Gasteiger partial charge in [-0.1, -0.05) is 42.3 Å². The minimum atomic E-state index is -0.0287. The van der Waals surface area contributed by atoms with Gasteiger partial charge in [0.25, 0.3) is 0 Å². The van der Waals surface area contributed by atoms with E-state index in [-0.39, 0.29) is 23.2 Å². The molecular weight excluding hydrogens is 222 g/mol. The number of carbonyl (C=O) groups excluding carboxylic acids is 1. The molecule has 0 aromatic heterocycles. The van der Waals surface area contributed by atoms with E-state index in [0.29, 0.717) is 6.67 Å². The maximum absolute atomic E-state index is 11.6. The maximum Gasteiger partial charge on any atom is 0.237 e. The van der Waals surface area contributed by atoms with E-state index >= 15 is 0 Å². The van der Waals surface area contributed by atoms with E-state index in [2.05, 4.69) is 27.5 Å². The van der Waals surface area contributed by atoms with Crippen molar-refractivity contribution < 1.29 is 4.79 Å². The zero-order chi connectivity index (χ0) is 11.0. The van der Waals surface area contributed by atoms with E-state index in [1.54, 1.807) is 0 Å². The summed E-state index contributed by atoms with van der Waals surface area (Å²) in [5, 5.41) is 6.13. The van der Waals surface area contributed by atoms with Crippen molar-refractivity contribution in [3.05, 3.63) is 35.9 Å². The van der Waals surface area contributed by atoms with Gasteiger partial charge in [-0.3, -0.25) is 14.8 Å². The second-order valence-corrected chi connectivity index (χ2v) is 4.97. The monoisotopic (exact) mass is 235 g/mol. The summed E-state index contributed by atoms with van der Waals surface area (Å²) in [7, 11) is 0. The lowest BCUT2D eigenvalue weighted by Crippen LogP contribution is -2.56. The number of amides is 1. The fourth-order valence-corrected chi connectivity index (χ4v) is 3.37. The lowest BCUT2D eigenvalue weighted by atomic mass is 9.96. The van der Waals surface area contributed by atoms with Gasteiger partial charge in [0, 0.05) is 0 Å². The highest BCUT2D eigenvalue weighted by Crippen LogP contribution is 2.34. The van der Waals surface area contributed by atoms with Gasteiger partial charge in [-0.05, 0) is 5.56 Å². The van der Waals surface area contributed by atoms with Gasteiger partial charge in [0.15, 0.2) is 0 Å². The molecule has 3 N–H and O–H groups in total. The van der Waals surface area contributed by atoms with Crippen molar-refractivity contribution in [3.8, 4) is 0 Å². The maximum atomic E-state index is 11.6. The van der Waals surface area contributed by atoms with Gasteiger partial charge in [0.1, 0.15) is 5.25 Å². The second-order valence-electron chi connectivity index (χ2n) is 3.99. The van der Waals surface area contributed by atoms with E-state index in [4.69, 9.17) is 0 Å². The summed E-state index contributed by atoms with van der Waals surface area (Å²) in [6.45, 7) is 0.561. The van der Waals surface area contributed by atoms with Crippen LogP contribution in [0.25, 0.3) is 0 Å². The van der Waals surface area contributed by atoms with Crippen molar-refractivity contribution in [2.45, 2.75) is 17.3 Å². The fourth-order valence-electron chi connectivity index (χ4n) is 2.20. The Bertz CT molecular complexity index is 397. The Morgan fingerprint density at radius 2 is 2.06 bits per heavy atom. The number of nitrogens with one attached hydrogen (secondary N) is 3. The van der Waals surface area contributed by atoms with Gasteiger partial charge < -0.3 is 5.32 Å². The summed E-state index contributed by atoms with van der Waals surface area (Å²) in [6.07, 6.45) is 0. The van der Waals surface area contributed by atoms with E-state index in [1.165, 1.54) is 17.5 Å². The van der Waals surface area contributed by atoms with Crippen LogP contribution in [0.2, 0.25) is 0 Å². The molecular formula is C11H13N3OS. The first-order valence-corrected chi connectivity index (χ1v) is 6.21. The summed E-state index contributed by atoms with van der Waals surface area (Å²) in [6, 6.07) is 10.6. The molecule has 4 nitrogen and oxygen atoms in total. The Kier molecular flexibility index (Phi) is 2.59. The van der Waals surface area contributed by atoms with E-state index in [0.717, 1.165) is 0 Å². The van der Waals surface area contributed by atoms with Gasteiger partial charge >= 0.3 is 0 Å². The van der Waals surface area contributed by atoms with Crippen LogP contribution in [0.5, 0.6) is 0 Å². The highest BCUT2D eigenvalue weighted by atomic mass is 32.2. The number of rotatable bonds is 1. The number of carbonyl (C=O) groups is 1. The van der Waals surface area contributed by atoms with E-state index < -0.39 is 0 Å². The lowest BCUT2D eigenvalue weighted by molar-refractivity contribution is -0.122. The average molecular weight is 235 g/mol. The van der Waals surface area contributed by atoms with Crippen LogP contribution in [-0.4, -0.2) is 23.9 Å². The molecule has 16 heavy (non-hydrogen) atoms. The van der Waals surface area contributed by atoms with Crippen LogP contribution in [0, 0.1) is 0 Å². The molecule has 2 heterocycles. The molecule has 0 aliphatic carbocycles. The quantitative estimate of drug-likeness (QED) is 0.617. The van der Waals surface area contributed by atoms with Crippen LogP contribution in [0.15, 0.2) is 30.3 Å². The predicted molar refractivity (Wildman–Crippen MR) is 63.6 cm³/mol. The van der Waals surface area contributed by atoms with Crippen molar-refractivity contribution in [1.29, 1.82) is 0 Å². The first-order valence-electron chi connectivity index (χ1n) is 5.33. The topological polar surface area (TPSA) is 53.2 Å². The smallest absolute Gasteiger partial charge is 0.237 e. The highest BCUT2D eigenvalue weighted by Gasteiger charge is 2.43. The van der Waals surface area contributed by atoms with Crippen molar-refractivity contribution in [3.63, 3.8) is 0 Å². The molecule has 1 aromatic rings. The molecule has 3 rings (SSSR count). The van der Waals surface area contributed by atoms with Gasteiger partial charge in [-0.25, -0.2) is 0 Å². The SMILES string of the molecule is O=C1NCNC2C1SNC2c1ccccc1. The van der Waals surface area contributed by atoms with E-state index in [1.807, 2.05) is 18.2 Å². The largest absolute Gasteiger partial charge is 0.342 e. The van der Waals surface area contributed by atoms with Crippen molar-refractivity contribution in [1.82, 2.24) is 15.4 Å². The Morgan fingerprint density at radius 3 is 2.88 bits per heavy atom. The molecule has 2 aliphatic heterocycles. The van der Waals surface area contributed by atoms with Gasteiger partial charge in [0.05, 0.1) is 18.8 Å². The molecule has 84 valence electrons. The summed E-state index contributed by atoms with van der Waals surface area (Å²) in [4.78, 5) is 11.6. The second kappa shape index (κ2) is 4.08. The summed E-state index contributed by atoms with van der Waals surface area (Å²) in [5.41, 5.74) is 1.23. The van der Waals surface area contributed by atoms with Crippen LogP contribution >= 0.6 is 11.9 Å². The average Bonchev–Trinajstić information content (AvgIpc) is 2.75. The number of hydrogen-bond donors (Lipinski definition) is 3. The Hall–Kier alpha value is -1.04. The van der Waals surface area contributed by atoms with E-state index in [9.17, 15) is 4.79 Å². The Labute approximate surface area is 98.3 Å². The van der Waals surface area contributed by atoms with Gasteiger partial charge in [-0.2, -0.15) is 0 Å². The Morgan fingerprint density at radius 1 is 1.25 bits per heavy atom. The summed E-state index contributed by atoms with van der Waals surface area (Å²) >= 11 is 1.51. The van der Waals surface area contributed by atoms with Crippen molar-refractivity contribution in [2.24, 2.45) is 0 Å². The van der Waals surface area contributed by atoms with Gasteiger partial charge in [-0.15, -0.1) is 0 Å². The van der Waals surface area contributed by atoms with Crippen LogP contribution in [0.3, 0.4) is 0 Å². The minimum Gasteiger partial charge on any atom is -0.342 e. The molecule has 2 fully saturated rings. The summed E-state index contributed by atoms with van der Waals surface area (Å²) in [5.74, 6) is 0.125. The third-order valence-corrected chi connectivity index (χ3v) is 4.18. The molecule has 3 unspecified atom stereocenters. The fraction of sp³-hybridized carbons (Fsp3) is 0.364. The molecule has 0 saturated carbocycles. The third kappa shape index (κ3) is 1.61. The number of fused-ring (bicyclic) bond motifs is 1.